The summed E-state index contributed by atoms with van der Waals surface area (Å²) in [6.07, 6.45) is -3.55. The van der Waals surface area contributed by atoms with Crippen molar-refractivity contribution in [2.45, 2.75) is 11.1 Å². The molecule has 29 heavy (non-hydrogen) atoms. The van der Waals surface area contributed by atoms with E-state index in [1.165, 1.54) is 24.4 Å². The minimum atomic E-state index is -4.75. The molecule has 3 aromatic rings. The molecule has 150 valence electrons. The molecule has 7 nitrogen and oxygen atoms in total. The van der Waals surface area contributed by atoms with E-state index in [0.717, 1.165) is 10.7 Å². The highest BCUT2D eigenvalue weighted by molar-refractivity contribution is 7.92. The van der Waals surface area contributed by atoms with Crippen molar-refractivity contribution in [2.75, 3.05) is 10.5 Å². The number of nitrogens with two attached hydrogens (primary N) is 1. The molecule has 0 saturated heterocycles. The molecule has 1 heterocycles. The Balaban J connectivity index is 2.08. The molecule has 12 heteroatoms. The lowest BCUT2D eigenvalue weighted by molar-refractivity contribution is -0.137. The van der Waals surface area contributed by atoms with Crippen LogP contribution >= 0.6 is 11.6 Å². The number of alkyl halides is 3. The molecule has 2 aromatic carbocycles. The number of nitriles is 1. The van der Waals surface area contributed by atoms with Gasteiger partial charge in [-0.2, -0.15) is 23.5 Å². The highest BCUT2D eigenvalue weighted by Gasteiger charge is 2.33. The molecule has 3 rings (SSSR count). The van der Waals surface area contributed by atoms with Crippen LogP contribution in [0.5, 0.6) is 0 Å². The third kappa shape index (κ3) is 3.98. The van der Waals surface area contributed by atoms with Crippen LogP contribution in [0.2, 0.25) is 5.02 Å². The summed E-state index contributed by atoms with van der Waals surface area (Å²) in [5.41, 5.74) is 4.88. The number of nitrogens with one attached hydrogen (secondary N) is 1. The molecule has 0 amide bonds. The quantitative estimate of drug-likeness (QED) is 0.639. The molecule has 0 unspecified atom stereocenters. The lowest BCUT2D eigenvalue weighted by atomic mass is 10.2. The Hall–Kier alpha value is -3.23. The maximum absolute atomic E-state index is 13.0. The first-order valence-electron chi connectivity index (χ1n) is 7.77. The number of halogens is 4. The van der Waals surface area contributed by atoms with Gasteiger partial charge in [0.1, 0.15) is 22.3 Å². The molecule has 0 radical (unpaired) electrons. The molecule has 0 spiro atoms. The van der Waals surface area contributed by atoms with Crippen LogP contribution in [0.15, 0.2) is 53.6 Å². The van der Waals surface area contributed by atoms with Crippen LogP contribution < -0.4 is 10.5 Å². The lowest BCUT2D eigenvalue weighted by Crippen LogP contribution is -2.17. The number of nitrogens with zero attached hydrogens (tertiary/aromatic N) is 3. The van der Waals surface area contributed by atoms with Crippen LogP contribution in [-0.2, 0) is 16.2 Å². The van der Waals surface area contributed by atoms with Gasteiger partial charge in [-0.3, -0.25) is 4.72 Å². The maximum Gasteiger partial charge on any atom is 0.416 e. The van der Waals surface area contributed by atoms with E-state index in [1.54, 1.807) is 6.07 Å². The molecule has 0 aliphatic heterocycles. The number of anilines is 2. The van der Waals surface area contributed by atoms with E-state index in [1.807, 2.05) is 6.07 Å². The van der Waals surface area contributed by atoms with E-state index in [9.17, 15) is 21.6 Å². The van der Waals surface area contributed by atoms with Gasteiger partial charge < -0.3 is 5.73 Å². The van der Waals surface area contributed by atoms with E-state index in [2.05, 4.69) is 9.82 Å². The summed E-state index contributed by atoms with van der Waals surface area (Å²) in [6.45, 7) is 0. The number of aromatic nitrogens is 2. The first-order chi connectivity index (χ1) is 13.5. The number of rotatable bonds is 4. The topological polar surface area (TPSA) is 114 Å². The number of para-hydroxylation sites is 2. The zero-order chi connectivity index (χ0) is 21.4. The van der Waals surface area contributed by atoms with Crippen LogP contribution in [-0.4, -0.2) is 18.2 Å². The van der Waals surface area contributed by atoms with Crippen molar-refractivity contribution in [3.63, 3.8) is 0 Å². The van der Waals surface area contributed by atoms with Crippen molar-refractivity contribution in [1.82, 2.24) is 9.78 Å². The third-order valence-corrected chi connectivity index (χ3v) is 5.70. The Kier molecular flexibility index (Phi) is 5.16. The largest absolute Gasteiger partial charge is 0.416 e. The van der Waals surface area contributed by atoms with Gasteiger partial charge in [0.05, 0.1) is 28.2 Å². The van der Waals surface area contributed by atoms with Crippen molar-refractivity contribution < 1.29 is 21.6 Å². The van der Waals surface area contributed by atoms with Gasteiger partial charge >= 0.3 is 6.18 Å². The summed E-state index contributed by atoms with van der Waals surface area (Å²) in [4.78, 5) is -0.741. The van der Waals surface area contributed by atoms with Crippen molar-refractivity contribution >= 4 is 33.1 Å². The number of nitrogen functional groups attached to an aromatic ring is 1. The van der Waals surface area contributed by atoms with Crippen molar-refractivity contribution in [3.05, 3.63) is 64.8 Å². The van der Waals surface area contributed by atoms with Gasteiger partial charge in [-0.15, -0.1) is 0 Å². The minimum Gasteiger partial charge on any atom is -0.382 e. The minimum absolute atomic E-state index is 0.0275. The van der Waals surface area contributed by atoms with E-state index >= 15 is 0 Å². The number of hydrogen-bond donors (Lipinski definition) is 2. The predicted octanol–water partition coefficient (Wildman–Crippen LogP) is 3.80. The third-order valence-electron chi connectivity index (χ3n) is 3.85. The molecule has 0 aliphatic carbocycles. The fourth-order valence-electron chi connectivity index (χ4n) is 2.47. The average molecular weight is 442 g/mol. The Bertz CT molecular complexity index is 1230. The van der Waals surface area contributed by atoms with Crippen LogP contribution in [0.3, 0.4) is 0 Å². The van der Waals surface area contributed by atoms with Crippen LogP contribution in [0, 0.1) is 11.3 Å². The van der Waals surface area contributed by atoms with Gasteiger partial charge in [-0.1, -0.05) is 23.7 Å². The van der Waals surface area contributed by atoms with Crippen molar-refractivity contribution in [3.8, 4) is 11.8 Å². The molecule has 0 bridgehead atoms. The highest BCUT2D eigenvalue weighted by atomic mass is 35.5. The lowest BCUT2D eigenvalue weighted by Gasteiger charge is -2.15. The SMILES string of the molecule is N#Cc1cnn(-c2ccccc2NS(=O)(=O)c2cc(C(F)(F)F)ccc2Cl)c1N. The van der Waals surface area contributed by atoms with Crippen LogP contribution in [0.4, 0.5) is 24.7 Å². The summed E-state index contributed by atoms with van der Waals surface area (Å²) < 4.78 is 67.7. The Morgan fingerprint density at radius 3 is 2.52 bits per heavy atom. The van der Waals surface area contributed by atoms with E-state index in [0.29, 0.717) is 12.1 Å². The Morgan fingerprint density at radius 1 is 1.21 bits per heavy atom. The second-order valence-corrected chi connectivity index (χ2v) is 7.79. The molecule has 3 N–H and O–H groups in total. The zero-order valence-corrected chi connectivity index (χ0v) is 15.8. The number of benzene rings is 2. The Morgan fingerprint density at radius 2 is 1.90 bits per heavy atom. The average Bonchev–Trinajstić information content (AvgIpc) is 3.01. The molecular weight excluding hydrogens is 431 g/mol. The van der Waals surface area contributed by atoms with E-state index < -0.39 is 26.7 Å². The maximum atomic E-state index is 13.0. The summed E-state index contributed by atoms with van der Waals surface area (Å²) in [6, 6.07) is 9.72. The van der Waals surface area contributed by atoms with Crippen molar-refractivity contribution in [1.29, 1.82) is 5.26 Å². The summed E-state index contributed by atoms with van der Waals surface area (Å²) in [5.74, 6) is -0.0313. The molecule has 0 aliphatic rings. The fraction of sp³-hybridized carbons (Fsp3) is 0.0588. The summed E-state index contributed by atoms with van der Waals surface area (Å²) >= 11 is 5.84. The van der Waals surface area contributed by atoms with Gasteiger partial charge in [0.15, 0.2) is 0 Å². The molecule has 0 fully saturated rings. The van der Waals surface area contributed by atoms with Gasteiger partial charge in [0.25, 0.3) is 10.0 Å². The molecule has 0 atom stereocenters. The second kappa shape index (κ2) is 7.31. The fourth-order valence-corrected chi connectivity index (χ4v) is 4.07. The first kappa shape index (κ1) is 20.5. The van der Waals surface area contributed by atoms with Crippen LogP contribution in [0.1, 0.15) is 11.1 Å². The summed E-state index contributed by atoms with van der Waals surface area (Å²) in [7, 11) is -4.50. The van der Waals surface area contributed by atoms with Crippen molar-refractivity contribution in [2.24, 2.45) is 0 Å². The highest BCUT2D eigenvalue weighted by Crippen LogP contribution is 2.34. The smallest absolute Gasteiger partial charge is 0.382 e. The van der Waals surface area contributed by atoms with E-state index in [-0.39, 0.29) is 27.8 Å². The van der Waals surface area contributed by atoms with E-state index in [4.69, 9.17) is 22.6 Å². The van der Waals surface area contributed by atoms with Crippen LogP contribution in [0.25, 0.3) is 5.69 Å². The number of sulfonamides is 1. The molecule has 1 aromatic heterocycles. The van der Waals surface area contributed by atoms with Gasteiger partial charge in [0.2, 0.25) is 0 Å². The standard InChI is InChI=1S/C17H11ClF3N5O2S/c18-12-6-5-11(17(19,20)21)7-15(12)29(27,28)25-13-3-1-2-4-14(13)26-16(23)10(8-22)9-24-26/h1-7,9,25H,23H2. The second-order valence-electron chi connectivity index (χ2n) is 5.73. The Labute approximate surface area is 168 Å². The summed E-state index contributed by atoms with van der Waals surface area (Å²) in [5, 5.41) is 12.6. The first-order valence-corrected chi connectivity index (χ1v) is 9.63. The monoisotopic (exact) mass is 441 g/mol. The zero-order valence-electron chi connectivity index (χ0n) is 14.3. The molecular formula is C17H11ClF3N5O2S. The van der Waals surface area contributed by atoms with Gasteiger partial charge in [-0.25, -0.2) is 13.1 Å². The van der Waals surface area contributed by atoms with Gasteiger partial charge in [-0.05, 0) is 30.3 Å². The molecule has 0 saturated carbocycles. The predicted molar refractivity (Wildman–Crippen MR) is 100.0 cm³/mol. The van der Waals surface area contributed by atoms with Gasteiger partial charge in [0, 0.05) is 0 Å². The normalized spacial score (nSPS) is 11.8. The number of hydrogen-bond acceptors (Lipinski definition) is 5.